The van der Waals surface area contributed by atoms with Crippen molar-refractivity contribution in [3.63, 3.8) is 0 Å². The minimum Gasteiger partial charge on any atom is -0.508 e. The summed E-state index contributed by atoms with van der Waals surface area (Å²) in [6, 6.07) is 5.46. The van der Waals surface area contributed by atoms with Crippen LogP contribution in [0.1, 0.15) is 38.7 Å². The van der Waals surface area contributed by atoms with Crippen molar-refractivity contribution in [3.05, 3.63) is 29.8 Å². The SMILES string of the molecule is CC(C)(C)OC(=O)N1CC[C@@H](c2ccc(O)cc2)[C@@H]1C(=O)O. The number of benzene rings is 1. The monoisotopic (exact) mass is 307 g/mol. The molecule has 22 heavy (non-hydrogen) atoms. The normalized spacial score (nSPS) is 21.7. The number of hydrogen-bond acceptors (Lipinski definition) is 4. The number of nitrogens with zero attached hydrogens (tertiary/aromatic N) is 1. The van der Waals surface area contributed by atoms with Crippen molar-refractivity contribution < 1.29 is 24.5 Å². The highest BCUT2D eigenvalue weighted by atomic mass is 16.6. The van der Waals surface area contributed by atoms with E-state index in [4.69, 9.17) is 4.74 Å². The zero-order chi connectivity index (χ0) is 16.5. The third-order valence-electron chi connectivity index (χ3n) is 3.60. The second kappa shape index (κ2) is 5.87. The van der Waals surface area contributed by atoms with Crippen molar-refractivity contribution in [2.45, 2.75) is 44.8 Å². The van der Waals surface area contributed by atoms with Crippen LogP contribution >= 0.6 is 0 Å². The molecule has 6 nitrogen and oxygen atoms in total. The summed E-state index contributed by atoms with van der Waals surface area (Å²) in [5.41, 5.74) is 0.118. The predicted octanol–water partition coefficient (Wildman–Crippen LogP) is 2.57. The lowest BCUT2D eigenvalue weighted by atomic mass is 9.92. The molecule has 6 heteroatoms. The lowest BCUT2D eigenvalue weighted by molar-refractivity contribution is -0.142. The Morgan fingerprint density at radius 2 is 1.82 bits per heavy atom. The predicted molar refractivity (Wildman–Crippen MR) is 79.8 cm³/mol. The summed E-state index contributed by atoms with van der Waals surface area (Å²) in [5.74, 6) is -1.25. The van der Waals surface area contributed by atoms with Crippen LogP contribution < -0.4 is 0 Å². The number of carbonyl (C=O) groups excluding carboxylic acids is 1. The Morgan fingerprint density at radius 3 is 2.32 bits per heavy atom. The summed E-state index contributed by atoms with van der Waals surface area (Å²) in [7, 11) is 0. The van der Waals surface area contributed by atoms with Crippen LogP contribution in [-0.4, -0.2) is 45.4 Å². The van der Waals surface area contributed by atoms with E-state index in [0.29, 0.717) is 13.0 Å². The van der Waals surface area contributed by atoms with Gasteiger partial charge >= 0.3 is 12.1 Å². The van der Waals surface area contributed by atoms with Crippen molar-refractivity contribution in [2.24, 2.45) is 0 Å². The van der Waals surface area contributed by atoms with Gasteiger partial charge in [-0.25, -0.2) is 9.59 Å². The first-order chi connectivity index (χ1) is 10.2. The van der Waals surface area contributed by atoms with Gasteiger partial charge in [-0.1, -0.05) is 12.1 Å². The quantitative estimate of drug-likeness (QED) is 0.877. The smallest absolute Gasteiger partial charge is 0.411 e. The summed E-state index contributed by atoms with van der Waals surface area (Å²) in [5, 5.41) is 18.9. The number of hydrogen-bond donors (Lipinski definition) is 2. The number of phenolic OH excluding ortho intramolecular Hbond substituents is 1. The van der Waals surface area contributed by atoms with E-state index >= 15 is 0 Å². The number of ether oxygens (including phenoxy) is 1. The number of carbonyl (C=O) groups is 2. The number of aromatic hydroxyl groups is 1. The van der Waals surface area contributed by atoms with E-state index < -0.39 is 23.7 Å². The van der Waals surface area contributed by atoms with Crippen LogP contribution in [-0.2, 0) is 9.53 Å². The molecule has 0 aliphatic carbocycles. The molecule has 1 fully saturated rings. The number of likely N-dealkylation sites (tertiary alicyclic amines) is 1. The van der Waals surface area contributed by atoms with Gasteiger partial charge in [0.15, 0.2) is 0 Å². The molecular weight excluding hydrogens is 286 g/mol. The molecule has 0 aromatic heterocycles. The molecule has 1 amide bonds. The van der Waals surface area contributed by atoms with Crippen LogP contribution in [0.15, 0.2) is 24.3 Å². The summed E-state index contributed by atoms with van der Waals surface area (Å²) in [6.07, 6.45) is -0.0674. The molecule has 1 heterocycles. The Morgan fingerprint density at radius 1 is 1.23 bits per heavy atom. The molecule has 2 atom stereocenters. The Kier molecular flexibility index (Phi) is 4.30. The molecule has 0 saturated carbocycles. The van der Waals surface area contributed by atoms with Gasteiger partial charge in [0.05, 0.1) is 0 Å². The zero-order valence-corrected chi connectivity index (χ0v) is 12.9. The van der Waals surface area contributed by atoms with Crippen molar-refractivity contribution in [1.82, 2.24) is 4.90 Å². The van der Waals surface area contributed by atoms with Gasteiger partial charge in [-0.2, -0.15) is 0 Å². The Balaban J connectivity index is 2.23. The first-order valence-electron chi connectivity index (χ1n) is 7.20. The average molecular weight is 307 g/mol. The Labute approximate surface area is 129 Å². The standard InChI is InChI=1S/C16H21NO5/c1-16(2,3)22-15(21)17-9-8-12(13(17)14(19)20)10-4-6-11(18)7-5-10/h4-7,12-13,18H,8-9H2,1-3H3,(H,19,20)/t12-,13+/m0/s1. The fourth-order valence-electron chi connectivity index (χ4n) is 2.69. The molecule has 0 unspecified atom stereocenters. The van der Waals surface area contributed by atoms with Crippen LogP contribution in [0.5, 0.6) is 5.75 Å². The molecule has 2 rings (SSSR count). The molecule has 0 bridgehead atoms. The van der Waals surface area contributed by atoms with Crippen LogP contribution in [0, 0.1) is 0 Å². The van der Waals surface area contributed by atoms with Crippen molar-refractivity contribution in [1.29, 1.82) is 0 Å². The average Bonchev–Trinajstić information content (AvgIpc) is 2.82. The van der Waals surface area contributed by atoms with Gasteiger partial charge in [-0.05, 0) is 44.9 Å². The number of aliphatic carboxylic acids is 1. The molecule has 1 aliphatic rings. The fraction of sp³-hybridized carbons (Fsp3) is 0.500. The molecule has 0 radical (unpaired) electrons. The molecule has 1 saturated heterocycles. The van der Waals surface area contributed by atoms with Crippen molar-refractivity contribution in [3.8, 4) is 5.75 Å². The van der Waals surface area contributed by atoms with Gasteiger partial charge < -0.3 is 14.9 Å². The molecule has 1 aromatic rings. The molecular formula is C16H21NO5. The number of phenols is 1. The maximum Gasteiger partial charge on any atom is 0.411 e. The number of carboxylic acid groups (broad SMARTS) is 1. The molecule has 0 spiro atoms. The van der Waals surface area contributed by atoms with Gasteiger partial charge in [-0.3, -0.25) is 4.90 Å². The Bertz CT molecular complexity index is 561. The highest BCUT2D eigenvalue weighted by Gasteiger charge is 2.44. The minimum absolute atomic E-state index is 0.123. The summed E-state index contributed by atoms with van der Waals surface area (Å²) < 4.78 is 5.29. The topological polar surface area (TPSA) is 87.1 Å². The second-order valence-corrected chi connectivity index (χ2v) is 6.44. The summed E-state index contributed by atoms with van der Waals surface area (Å²) >= 11 is 0. The Hall–Kier alpha value is -2.24. The number of amides is 1. The van der Waals surface area contributed by atoms with E-state index in [1.807, 2.05) is 0 Å². The zero-order valence-electron chi connectivity index (χ0n) is 12.9. The molecule has 120 valence electrons. The third-order valence-corrected chi connectivity index (χ3v) is 3.60. The highest BCUT2D eigenvalue weighted by molar-refractivity contribution is 5.82. The van der Waals surface area contributed by atoms with E-state index in [1.165, 1.54) is 17.0 Å². The maximum absolute atomic E-state index is 12.2. The second-order valence-electron chi connectivity index (χ2n) is 6.44. The third kappa shape index (κ3) is 3.50. The van der Waals surface area contributed by atoms with Gasteiger partial charge in [0.25, 0.3) is 0 Å². The molecule has 1 aromatic carbocycles. The number of rotatable bonds is 2. The molecule has 1 aliphatic heterocycles. The largest absolute Gasteiger partial charge is 0.508 e. The van der Waals surface area contributed by atoms with Crippen LogP contribution in [0.25, 0.3) is 0 Å². The fourth-order valence-corrected chi connectivity index (χ4v) is 2.69. The van der Waals surface area contributed by atoms with E-state index in [0.717, 1.165) is 5.56 Å². The van der Waals surface area contributed by atoms with Crippen molar-refractivity contribution >= 4 is 12.1 Å². The van der Waals surface area contributed by atoms with Gasteiger partial charge in [0.2, 0.25) is 0 Å². The first kappa shape index (κ1) is 16.1. The number of carboxylic acids is 1. The van der Waals surface area contributed by atoms with Gasteiger partial charge in [0.1, 0.15) is 17.4 Å². The van der Waals surface area contributed by atoms with E-state index in [2.05, 4.69) is 0 Å². The minimum atomic E-state index is -1.05. The van der Waals surface area contributed by atoms with E-state index in [1.54, 1.807) is 32.9 Å². The highest BCUT2D eigenvalue weighted by Crippen LogP contribution is 2.35. The van der Waals surface area contributed by atoms with Crippen LogP contribution in [0.4, 0.5) is 4.79 Å². The molecule has 2 N–H and O–H groups in total. The maximum atomic E-state index is 12.2. The first-order valence-corrected chi connectivity index (χ1v) is 7.20. The van der Waals surface area contributed by atoms with Crippen LogP contribution in [0.3, 0.4) is 0 Å². The van der Waals surface area contributed by atoms with E-state index in [9.17, 15) is 19.8 Å². The van der Waals surface area contributed by atoms with Crippen LogP contribution in [0.2, 0.25) is 0 Å². The lowest BCUT2D eigenvalue weighted by Crippen LogP contribution is -2.45. The van der Waals surface area contributed by atoms with E-state index in [-0.39, 0.29) is 11.7 Å². The van der Waals surface area contributed by atoms with Crippen molar-refractivity contribution in [2.75, 3.05) is 6.54 Å². The lowest BCUT2D eigenvalue weighted by Gasteiger charge is -2.28. The van der Waals surface area contributed by atoms with Gasteiger partial charge in [0, 0.05) is 12.5 Å². The summed E-state index contributed by atoms with van der Waals surface area (Å²) in [6.45, 7) is 5.56. The van der Waals surface area contributed by atoms with Gasteiger partial charge in [-0.15, -0.1) is 0 Å². The summed E-state index contributed by atoms with van der Waals surface area (Å²) in [4.78, 5) is 25.1.